The normalized spacial score (nSPS) is 22.5. The van der Waals surface area contributed by atoms with Crippen LogP contribution in [0.1, 0.15) is 0 Å². The molecule has 0 aromatic carbocycles. The van der Waals surface area contributed by atoms with Crippen LogP contribution in [0.5, 0.6) is 0 Å². The quantitative estimate of drug-likeness (QED) is 0.817. The fourth-order valence-electron chi connectivity index (χ4n) is 2.33. The molecule has 2 fully saturated rings. The fraction of sp³-hybridized carbons (Fsp3) is 0.636. The van der Waals surface area contributed by atoms with Crippen LogP contribution in [0, 0.1) is 0 Å². The van der Waals surface area contributed by atoms with E-state index in [1.807, 2.05) is 6.07 Å². The Morgan fingerprint density at radius 3 is 2.41 bits per heavy atom. The third-order valence-corrected chi connectivity index (χ3v) is 3.73. The molecule has 92 valence electrons. The van der Waals surface area contributed by atoms with Crippen LogP contribution in [-0.4, -0.2) is 60.4 Å². The molecule has 0 spiro atoms. The topological polar surface area (TPSA) is 44.3 Å². The minimum absolute atomic E-state index is 0.452. The minimum atomic E-state index is 0.452. The summed E-state index contributed by atoms with van der Waals surface area (Å²) in [4.78, 5) is 4.82. The van der Waals surface area contributed by atoms with E-state index in [1.54, 1.807) is 6.07 Å². The largest absolute Gasteiger partial charge is 0.353 e. The average molecular weight is 254 g/mol. The van der Waals surface area contributed by atoms with Crippen LogP contribution in [0.3, 0.4) is 0 Å². The molecule has 1 aromatic rings. The predicted molar refractivity (Wildman–Crippen MR) is 67.5 cm³/mol. The zero-order valence-corrected chi connectivity index (χ0v) is 10.4. The number of aromatic nitrogens is 2. The molecule has 0 aliphatic carbocycles. The SMILES string of the molecule is Clc1ccc(N2CCN(C3CNC3)CC2)nn1. The number of halogens is 1. The number of rotatable bonds is 2. The molecule has 2 aliphatic heterocycles. The lowest BCUT2D eigenvalue weighted by Crippen LogP contribution is -2.61. The first-order chi connectivity index (χ1) is 8.33. The van der Waals surface area contributed by atoms with Gasteiger partial charge < -0.3 is 10.2 Å². The molecule has 1 N–H and O–H groups in total. The van der Waals surface area contributed by atoms with E-state index < -0.39 is 0 Å². The Balaban J connectivity index is 1.58. The molecule has 3 heterocycles. The van der Waals surface area contributed by atoms with Crippen LogP contribution in [-0.2, 0) is 0 Å². The van der Waals surface area contributed by atoms with Crippen molar-refractivity contribution in [3.63, 3.8) is 0 Å². The zero-order valence-electron chi connectivity index (χ0n) is 9.64. The Hall–Kier alpha value is -0.910. The molecule has 0 bridgehead atoms. The van der Waals surface area contributed by atoms with E-state index in [0.29, 0.717) is 5.15 Å². The summed E-state index contributed by atoms with van der Waals surface area (Å²) >= 11 is 5.73. The van der Waals surface area contributed by atoms with E-state index in [1.165, 1.54) is 0 Å². The molecule has 0 amide bonds. The van der Waals surface area contributed by atoms with Gasteiger partial charge in [0.15, 0.2) is 11.0 Å². The van der Waals surface area contributed by atoms with Gasteiger partial charge in [0.05, 0.1) is 0 Å². The lowest BCUT2D eigenvalue weighted by Gasteiger charge is -2.43. The van der Waals surface area contributed by atoms with Crippen molar-refractivity contribution in [1.82, 2.24) is 20.4 Å². The molecule has 2 saturated heterocycles. The molecule has 5 nitrogen and oxygen atoms in total. The summed E-state index contributed by atoms with van der Waals surface area (Å²) < 4.78 is 0. The molecule has 6 heteroatoms. The summed E-state index contributed by atoms with van der Waals surface area (Å²) in [5.41, 5.74) is 0. The summed E-state index contributed by atoms with van der Waals surface area (Å²) in [6.07, 6.45) is 0. The van der Waals surface area contributed by atoms with Crippen molar-refractivity contribution in [2.24, 2.45) is 0 Å². The second-order valence-corrected chi connectivity index (χ2v) is 4.94. The number of hydrogen-bond acceptors (Lipinski definition) is 5. The third kappa shape index (κ3) is 2.36. The summed E-state index contributed by atoms with van der Waals surface area (Å²) in [6.45, 7) is 6.54. The van der Waals surface area contributed by atoms with Crippen molar-refractivity contribution < 1.29 is 0 Å². The van der Waals surface area contributed by atoms with Crippen molar-refractivity contribution in [3.8, 4) is 0 Å². The van der Waals surface area contributed by atoms with Crippen LogP contribution in [0.4, 0.5) is 5.82 Å². The van der Waals surface area contributed by atoms with E-state index in [9.17, 15) is 0 Å². The Morgan fingerprint density at radius 1 is 1.12 bits per heavy atom. The highest BCUT2D eigenvalue weighted by atomic mass is 35.5. The van der Waals surface area contributed by atoms with Crippen LogP contribution >= 0.6 is 11.6 Å². The van der Waals surface area contributed by atoms with Gasteiger partial charge in [-0.15, -0.1) is 10.2 Å². The van der Waals surface area contributed by atoms with Crippen LogP contribution in [0.2, 0.25) is 5.15 Å². The number of anilines is 1. The molecule has 1 aromatic heterocycles. The van der Waals surface area contributed by atoms with Gasteiger partial charge >= 0.3 is 0 Å². The van der Waals surface area contributed by atoms with Crippen molar-refractivity contribution in [2.75, 3.05) is 44.2 Å². The molecule has 0 radical (unpaired) electrons. The Morgan fingerprint density at radius 2 is 1.88 bits per heavy atom. The Labute approximate surface area is 106 Å². The van der Waals surface area contributed by atoms with Gasteiger partial charge in [-0.3, -0.25) is 4.90 Å². The third-order valence-electron chi connectivity index (χ3n) is 3.53. The van der Waals surface area contributed by atoms with E-state index >= 15 is 0 Å². The van der Waals surface area contributed by atoms with E-state index in [2.05, 4.69) is 25.3 Å². The summed E-state index contributed by atoms with van der Waals surface area (Å²) in [7, 11) is 0. The number of nitrogens with zero attached hydrogens (tertiary/aromatic N) is 4. The maximum absolute atomic E-state index is 5.73. The molecule has 0 unspecified atom stereocenters. The Bertz CT molecular complexity index is 370. The minimum Gasteiger partial charge on any atom is -0.353 e. The number of nitrogens with one attached hydrogen (secondary N) is 1. The molecule has 3 rings (SSSR count). The lowest BCUT2D eigenvalue weighted by atomic mass is 10.1. The number of hydrogen-bond donors (Lipinski definition) is 1. The first-order valence-electron chi connectivity index (χ1n) is 6.02. The first-order valence-corrected chi connectivity index (χ1v) is 6.40. The van der Waals surface area contributed by atoms with E-state index in [-0.39, 0.29) is 0 Å². The number of piperazine rings is 1. The fourth-order valence-corrected chi connectivity index (χ4v) is 2.43. The average Bonchev–Trinajstić information content (AvgIpc) is 2.29. The summed E-state index contributed by atoms with van der Waals surface area (Å²) in [5, 5.41) is 11.8. The maximum atomic E-state index is 5.73. The highest BCUT2D eigenvalue weighted by Crippen LogP contribution is 2.16. The summed E-state index contributed by atoms with van der Waals surface area (Å²) in [5.74, 6) is 0.931. The monoisotopic (exact) mass is 253 g/mol. The molecule has 2 aliphatic rings. The van der Waals surface area contributed by atoms with Crippen molar-refractivity contribution in [2.45, 2.75) is 6.04 Å². The van der Waals surface area contributed by atoms with Gasteiger partial charge in [-0.25, -0.2) is 0 Å². The second-order valence-electron chi connectivity index (χ2n) is 4.55. The van der Waals surface area contributed by atoms with Gasteiger partial charge in [-0.05, 0) is 12.1 Å². The predicted octanol–water partition coefficient (Wildman–Crippen LogP) is 0.224. The van der Waals surface area contributed by atoms with Crippen molar-refractivity contribution in [3.05, 3.63) is 17.3 Å². The van der Waals surface area contributed by atoms with Gasteiger partial charge in [0, 0.05) is 45.3 Å². The molecule has 17 heavy (non-hydrogen) atoms. The zero-order chi connectivity index (χ0) is 11.7. The molecular weight excluding hydrogens is 238 g/mol. The van der Waals surface area contributed by atoms with Crippen LogP contribution in [0.15, 0.2) is 12.1 Å². The maximum Gasteiger partial charge on any atom is 0.151 e. The first kappa shape index (κ1) is 11.2. The summed E-state index contributed by atoms with van der Waals surface area (Å²) in [6, 6.07) is 4.48. The van der Waals surface area contributed by atoms with Gasteiger partial charge in [0.25, 0.3) is 0 Å². The van der Waals surface area contributed by atoms with Crippen molar-refractivity contribution in [1.29, 1.82) is 0 Å². The van der Waals surface area contributed by atoms with Gasteiger partial charge in [-0.2, -0.15) is 0 Å². The standard InChI is InChI=1S/C11H16ClN5/c12-10-1-2-11(15-14-10)17-5-3-16(4-6-17)9-7-13-8-9/h1-2,9,13H,3-8H2. The lowest BCUT2D eigenvalue weighted by molar-refractivity contribution is 0.137. The van der Waals surface area contributed by atoms with Crippen LogP contribution in [0.25, 0.3) is 0 Å². The highest BCUT2D eigenvalue weighted by molar-refractivity contribution is 6.29. The van der Waals surface area contributed by atoms with Gasteiger partial charge in [-0.1, -0.05) is 11.6 Å². The highest BCUT2D eigenvalue weighted by Gasteiger charge is 2.27. The molecular formula is C11H16ClN5. The van der Waals surface area contributed by atoms with Crippen molar-refractivity contribution >= 4 is 17.4 Å². The second kappa shape index (κ2) is 4.76. The molecule has 0 saturated carbocycles. The van der Waals surface area contributed by atoms with E-state index in [0.717, 1.165) is 51.1 Å². The van der Waals surface area contributed by atoms with Gasteiger partial charge in [0.1, 0.15) is 0 Å². The smallest absolute Gasteiger partial charge is 0.151 e. The Kier molecular flexibility index (Phi) is 3.13. The van der Waals surface area contributed by atoms with E-state index in [4.69, 9.17) is 11.6 Å². The molecule has 0 atom stereocenters. The van der Waals surface area contributed by atoms with Crippen LogP contribution < -0.4 is 10.2 Å². The van der Waals surface area contributed by atoms with Gasteiger partial charge in [0.2, 0.25) is 0 Å².